The second-order valence-corrected chi connectivity index (χ2v) is 4.69. The summed E-state index contributed by atoms with van der Waals surface area (Å²) < 4.78 is 24.4. The SMILES string of the molecule is NC(=O)N(c1cc[nH]n1)S(=O)(=O)c1cc[nH]n1. The van der Waals surface area contributed by atoms with Crippen LogP contribution in [-0.2, 0) is 10.0 Å². The van der Waals surface area contributed by atoms with E-state index in [1.165, 1.54) is 24.5 Å². The maximum atomic E-state index is 12.0. The number of nitrogens with zero attached hydrogens (tertiary/aromatic N) is 3. The van der Waals surface area contributed by atoms with Crippen molar-refractivity contribution in [1.82, 2.24) is 20.4 Å². The summed E-state index contributed by atoms with van der Waals surface area (Å²) in [6.07, 6.45) is 2.68. The van der Waals surface area contributed by atoms with Crippen LogP contribution >= 0.6 is 0 Å². The lowest BCUT2D eigenvalue weighted by molar-refractivity contribution is 0.256. The highest BCUT2D eigenvalue weighted by Crippen LogP contribution is 2.19. The molecule has 0 aromatic carbocycles. The molecule has 0 saturated heterocycles. The molecule has 0 radical (unpaired) electrons. The van der Waals surface area contributed by atoms with Gasteiger partial charge in [0.15, 0.2) is 10.8 Å². The molecule has 0 aliphatic heterocycles. The highest BCUT2D eigenvalue weighted by Gasteiger charge is 2.32. The molecular formula is C7H8N6O3S. The van der Waals surface area contributed by atoms with Crippen molar-refractivity contribution in [2.24, 2.45) is 5.73 Å². The number of carbonyl (C=O) groups excluding carboxylic acids is 1. The van der Waals surface area contributed by atoms with E-state index in [4.69, 9.17) is 5.73 Å². The normalized spacial score (nSPS) is 11.3. The first-order valence-electron chi connectivity index (χ1n) is 4.38. The van der Waals surface area contributed by atoms with E-state index in [2.05, 4.69) is 20.4 Å². The van der Waals surface area contributed by atoms with E-state index in [9.17, 15) is 13.2 Å². The predicted molar refractivity (Wildman–Crippen MR) is 56.4 cm³/mol. The molecule has 0 spiro atoms. The minimum atomic E-state index is -4.15. The van der Waals surface area contributed by atoms with Crippen LogP contribution in [0.25, 0.3) is 0 Å². The number of primary amides is 1. The van der Waals surface area contributed by atoms with Crippen LogP contribution < -0.4 is 10.0 Å². The second kappa shape index (κ2) is 3.90. The fourth-order valence-electron chi connectivity index (χ4n) is 1.20. The zero-order valence-electron chi connectivity index (χ0n) is 8.36. The number of hydrogen-bond acceptors (Lipinski definition) is 5. The standard InChI is InChI=1S/C7H8N6O3S/c8-7(14)13(5-1-3-9-11-5)17(15,16)6-2-4-10-12-6/h1-4H,(H2,8,14)(H,9,11)(H,10,12). The third kappa shape index (κ3) is 1.85. The highest BCUT2D eigenvalue weighted by molar-refractivity contribution is 7.93. The Morgan fingerprint density at radius 3 is 2.35 bits per heavy atom. The minimum Gasteiger partial charge on any atom is -0.350 e. The van der Waals surface area contributed by atoms with Gasteiger partial charge in [-0.05, 0) is 6.07 Å². The Bertz CT molecular complexity index is 602. The number of aromatic amines is 2. The zero-order chi connectivity index (χ0) is 12.5. The van der Waals surface area contributed by atoms with Crippen molar-refractivity contribution in [1.29, 1.82) is 0 Å². The molecule has 0 saturated carbocycles. The van der Waals surface area contributed by atoms with Crippen molar-refractivity contribution in [3.63, 3.8) is 0 Å². The van der Waals surface area contributed by atoms with Gasteiger partial charge in [0.2, 0.25) is 0 Å². The van der Waals surface area contributed by atoms with Crippen molar-refractivity contribution < 1.29 is 13.2 Å². The first-order valence-corrected chi connectivity index (χ1v) is 5.82. The summed E-state index contributed by atoms with van der Waals surface area (Å²) >= 11 is 0. The molecular weight excluding hydrogens is 248 g/mol. The molecule has 4 N–H and O–H groups in total. The predicted octanol–water partition coefficient (Wildman–Crippen LogP) is -0.593. The smallest absolute Gasteiger partial charge is 0.334 e. The first kappa shape index (κ1) is 11.1. The number of carbonyl (C=O) groups is 1. The molecule has 10 heteroatoms. The van der Waals surface area contributed by atoms with Gasteiger partial charge in [-0.3, -0.25) is 10.2 Å². The minimum absolute atomic E-state index is 0.125. The van der Waals surface area contributed by atoms with Crippen LogP contribution in [0.2, 0.25) is 0 Å². The topological polar surface area (TPSA) is 138 Å². The molecule has 2 rings (SSSR count). The quantitative estimate of drug-likeness (QED) is 0.673. The molecule has 2 aromatic heterocycles. The number of sulfonamides is 1. The Kier molecular flexibility index (Phi) is 2.55. The Hall–Kier alpha value is -2.36. The van der Waals surface area contributed by atoms with Gasteiger partial charge in [0, 0.05) is 18.5 Å². The molecule has 0 fully saturated rings. The average Bonchev–Trinajstić information content (AvgIpc) is 2.88. The monoisotopic (exact) mass is 256 g/mol. The molecule has 2 amide bonds. The summed E-state index contributed by atoms with van der Waals surface area (Å²) in [7, 11) is -4.15. The maximum Gasteiger partial charge on any atom is 0.334 e. The van der Waals surface area contributed by atoms with Gasteiger partial charge in [0.25, 0.3) is 10.0 Å². The number of hydrogen-bond donors (Lipinski definition) is 3. The van der Waals surface area contributed by atoms with Crippen molar-refractivity contribution >= 4 is 21.9 Å². The summed E-state index contributed by atoms with van der Waals surface area (Å²) in [4.78, 5) is 11.2. The number of anilines is 1. The van der Waals surface area contributed by atoms with E-state index in [0.717, 1.165) is 0 Å². The summed E-state index contributed by atoms with van der Waals surface area (Å²) in [5.41, 5.74) is 5.04. The van der Waals surface area contributed by atoms with Crippen molar-refractivity contribution in [3.8, 4) is 0 Å². The van der Waals surface area contributed by atoms with E-state index >= 15 is 0 Å². The third-order valence-corrected chi connectivity index (χ3v) is 3.48. The third-order valence-electron chi connectivity index (χ3n) is 1.87. The number of aromatic nitrogens is 4. The van der Waals surface area contributed by atoms with Gasteiger partial charge in [-0.15, -0.1) is 0 Å². The van der Waals surface area contributed by atoms with Gasteiger partial charge in [-0.1, -0.05) is 0 Å². The van der Waals surface area contributed by atoms with Gasteiger partial charge >= 0.3 is 6.03 Å². The number of nitrogens with one attached hydrogen (secondary N) is 2. The molecule has 0 atom stereocenters. The average molecular weight is 256 g/mol. The number of urea groups is 1. The Morgan fingerprint density at radius 1 is 1.24 bits per heavy atom. The van der Waals surface area contributed by atoms with Gasteiger partial charge in [0.1, 0.15) is 0 Å². The zero-order valence-corrected chi connectivity index (χ0v) is 9.18. The molecule has 9 nitrogen and oxygen atoms in total. The number of H-pyrrole nitrogens is 2. The van der Waals surface area contributed by atoms with E-state index in [1.807, 2.05) is 0 Å². The lowest BCUT2D eigenvalue weighted by atomic mass is 10.6. The van der Waals surface area contributed by atoms with Crippen LogP contribution in [-0.4, -0.2) is 34.8 Å². The summed E-state index contributed by atoms with van der Waals surface area (Å²) in [6.45, 7) is 0. The number of nitrogens with two attached hydrogens (primary N) is 1. The van der Waals surface area contributed by atoms with Gasteiger partial charge in [-0.25, -0.2) is 4.79 Å². The van der Waals surface area contributed by atoms with Crippen LogP contribution in [0.3, 0.4) is 0 Å². The molecule has 2 aromatic rings. The Morgan fingerprint density at radius 2 is 1.88 bits per heavy atom. The molecule has 0 aliphatic carbocycles. The highest BCUT2D eigenvalue weighted by atomic mass is 32.2. The van der Waals surface area contributed by atoms with Gasteiger partial charge < -0.3 is 5.73 Å². The van der Waals surface area contributed by atoms with E-state index in [-0.39, 0.29) is 10.8 Å². The maximum absolute atomic E-state index is 12.0. The molecule has 2 heterocycles. The Balaban J connectivity index is 2.53. The van der Waals surface area contributed by atoms with Gasteiger partial charge in [-0.2, -0.15) is 22.9 Å². The molecule has 0 aliphatic rings. The second-order valence-electron chi connectivity index (χ2n) is 2.95. The summed E-state index contributed by atoms with van der Waals surface area (Å²) in [6, 6.07) is 1.34. The summed E-state index contributed by atoms with van der Waals surface area (Å²) in [5, 5.41) is 11.5. The van der Waals surface area contributed by atoms with Crippen LogP contribution in [0.1, 0.15) is 0 Å². The molecule has 90 valence electrons. The lowest BCUT2D eigenvalue weighted by Crippen LogP contribution is -2.41. The van der Waals surface area contributed by atoms with Crippen molar-refractivity contribution in [3.05, 3.63) is 24.5 Å². The van der Waals surface area contributed by atoms with Gasteiger partial charge in [0.05, 0.1) is 0 Å². The number of rotatable bonds is 3. The van der Waals surface area contributed by atoms with Crippen molar-refractivity contribution in [2.45, 2.75) is 5.03 Å². The fraction of sp³-hybridized carbons (Fsp3) is 0. The van der Waals surface area contributed by atoms with E-state index in [1.54, 1.807) is 0 Å². The lowest BCUT2D eigenvalue weighted by Gasteiger charge is -2.15. The molecule has 17 heavy (non-hydrogen) atoms. The van der Waals surface area contributed by atoms with Crippen LogP contribution in [0.5, 0.6) is 0 Å². The fourth-order valence-corrected chi connectivity index (χ4v) is 2.38. The molecule has 0 bridgehead atoms. The van der Waals surface area contributed by atoms with Crippen molar-refractivity contribution in [2.75, 3.05) is 4.31 Å². The van der Waals surface area contributed by atoms with Crippen LogP contribution in [0.4, 0.5) is 10.6 Å². The molecule has 0 unspecified atom stereocenters. The van der Waals surface area contributed by atoms with E-state index in [0.29, 0.717) is 4.31 Å². The summed E-state index contributed by atoms with van der Waals surface area (Å²) in [5.74, 6) is -0.125. The first-order chi connectivity index (χ1) is 8.03. The van der Waals surface area contributed by atoms with E-state index < -0.39 is 16.1 Å². The number of amides is 2. The van der Waals surface area contributed by atoms with Crippen LogP contribution in [0, 0.1) is 0 Å². The van der Waals surface area contributed by atoms with Crippen LogP contribution in [0.15, 0.2) is 29.6 Å². The largest absolute Gasteiger partial charge is 0.350 e. The Labute approximate surface area is 95.7 Å².